The summed E-state index contributed by atoms with van der Waals surface area (Å²) in [6.07, 6.45) is 7.11. The molecule has 1 atom stereocenters. The fourth-order valence-electron chi connectivity index (χ4n) is 2.04. The van der Waals surface area contributed by atoms with Crippen molar-refractivity contribution in [3.05, 3.63) is 29.8 Å². The van der Waals surface area contributed by atoms with Crippen LogP contribution in [-0.2, 0) is 4.74 Å². The van der Waals surface area contributed by atoms with E-state index >= 15 is 0 Å². The molecule has 0 aliphatic carbocycles. The Morgan fingerprint density at radius 2 is 2.35 bits per heavy atom. The standard InChI is InChI=1S/C13H16FNO2/c14-11-7-10(8-15-9-11)13(16)5-4-12-3-1-2-6-17-12/h7-9,12H,1-6H2. The number of aromatic nitrogens is 1. The van der Waals surface area contributed by atoms with Crippen LogP contribution in [0.5, 0.6) is 0 Å². The first-order valence-corrected chi connectivity index (χ1v) is 6.01. The SMILES string of the molecule is O=C(CCC1CCCCO1)c1cncc(F)c1. The van der Waals surface area contributed by atoms with Crippen LogP contribution in [0.4, 0.5) is 4.39 Å². The highest BCUT2D eigenvalue weighted by atomic mass is 19.1. The van der Waals surface area contributed by atoms with Gasteiger partial charge in [-0.15, -0.1) is 0 Å². The Morgan fingerprint density at radius 3 is 3.06 bits per heavy atom. The van der Waals surface area contributed by atoms with E-state index in [1.165, 1.54) is 18.7 Å². The summed E-state index contributed by atoms with van der Waals surface area (Å²) in [5.41, 5.74) is 0.348. The second-order valence-electron chi connectivity index (χ2n) is 4.34. The lowest BCUT2D eigenvalue weighted by atomic mass is 10.0. The van der Waals surface area contributed by atoms with Crippen molar-refractivity contribution in [2.75, 3.05) is 6.61 Å². The van der Waals surface area contributed by atoms with E-state index in [0.29, 0.717) is 12.0 Å². The average Bonchev–Trinajstić information content (AvgIpc) is 2.37. The number of ether oxygens (including phenoxy) is 1. The number of Topliss-reactive ketones (excluding diaryl/α,β-unsaturated/α-hetero) is 1. The largest absolute Gasteiger partial charge is 0.378 e. The smallest absolute Gasteiger partial charge is 0.164 e. The van der Waals surface area contributed by atoms with Gasteiger partial charge >= 0.3 is 0 Å². The Hall–Kier alpha value is -1.29. The second kappa shape index (κ2) is 5.87. The Balaban J connectivity index is 1.84. The summed E-state index contributed by atoms with van der Waals surface area (Å²) >= 11 is 0. The van der Waals surface area contributed by atoms with Gasteiger partial charge in [0, 0.05) is 24.8 Å². The van der Waals surface area contributed by atoms with E-state index in [2.05, 4.69) is 4.98 Å². The van der Waals surface area contributed by atoms with E-state index in [0.717, 1.165) is 32.1 Å². The third-order valence-electron chi connectivity index (χ3n) is 2.99. The number of hydrogen-bond acceptors (Lipinski definition) is 3. The lowest BCUT2D eigenvalue weighted by molar-refractivity contribution is 0.0104. The number of nitrogens with zero attached hydrogens (tertiary/aromatic N) is 1. The number of ketones is 1. The molecule has 1 unspecified atom stereocenters. The van der Waals surface area contributed by atoms with Crippen LogP contribution in [0.3, 0.4) is 0 Å². The molecular weight excluding hydrogens is 221 g/mol. The maximum atomic E-state index is 12.9. The molecule has 92 valence electrons. The normalized spacial score (nSPS) is 20.2. The summed E-state index contributed by atoms with van der Waals surface area (Å²) in [6, 6.07) is 1.23. The molecule has 0 N–H and O–H groups in total. The molecular formula is C13H16FNO2. The van der Waals surface area contributed by atoms with Crippen molar-refractivity contribution in [1.29, 1.82) is 0 Å². The lowest BCUT2D eigenvalue weighted by Gasteiger charge is -2.22. The summed E-state index contributed by atoms with van der Waals surface area (Å²) in [5.74, 6) is -0.532. The molecule has 1 aromatic rings. The molecule has 1 fully saturated rings. The van der Waals surface area contributed by atoms with E-state index in [1.807, 2.05) is 0 Å². The van der Waals surface area contributed by atoms with Crippen molar-refractivity contribution in [3.63, 3.8) is 0 Å². The average molecular weight is 237 g/mol. The van der Waals surface area contributed by atoms with Gasteiger partial charge < -0.3 is 4.74 Å². The minimum absolute atomic E-state index is 0.0637. The van der Waals surface area contributed by atoms with Crippen molar-refractivity contribution >= 4 is 5.78 Å². The summed E-state index contributed by atoms with van der Waals surface area (Å²) < 4.78 is 18.4. The van der Waals surface area contributed by atoms with Gasteiger partial charge in [-0.05, 0) is 31.7 Å². The van der Waals surface area contributed by atoms with Gasteiger partial charge in [0.25, 0.3) is 0 Å². The minimum atomic E-state index is -0.468. The quantitative estimate of drug-likeness (QED) is 0.756. The molecule has 1 saturated heterocycles. The fourth-order valence-corrected chi connectivity index (χ4v) is 2.04. The van der Waals surface area contributed by atoms with E-state index in [-0.39, 0.29) is 11.9 Å². The number of carbonyl (C=O) groups excluding carboxylic acids is 1. The van der Waals surface area contributed by atoms with Gasteiger partial charge in [0.1, 0.15) is 5.82 Å². The third kappa shape index (κ3) is 3.60. The van der Waals surface area contributed by atoms with Crippen LogP contribution in [-0.4, -0.2) is 23.5 Å². The van der Waals surface area contributed by atoms with E-state index < -0.39 is 5.82 Å². The van der Waals surface area contributed by atoms with Crippen LogP contribution in [0.15, 0.2) is 18.5 Å². The maximum absolute atomic E-state index is 12.9. The van der Waals surface area contributed by atoms with E-state index in [1.54, 1.807) is 0 Å². The lowest BCUT2D eigenvalue weighted by Crippen LogP contribution is -2.20. The summed E-state index contributed by atoms with van der Waals surface area (Å²) in [5, 5.41) is 0. The summed E-state index contributed by atoms with van der Waals surface area (Å²) in [4.78, 5) is 15.5. The molecule has 0 saturated carbocycles. The molecule has 2 rings (SSSR count). The topological polar surface area (TPSA) is 39.2 Å². The predicted octanol–water partition coefficient (Wildman–Crippen LogP) is 2.75. The molecule has 3 nitrogen and oxygen atoms in total. The summed E-state index contributed by atoms with van der Waals surface area (Å²) in [6.45, 7) is 0.792. The first-order chi connectivity index (χ1) is 8.25. The molecule has 17 heavy (non-hydrogen) atoms. The van der Waals surface area contributed by atoms with Crippen LogP contribution in [0, 0.1) is 5.82 Å². The van der Waals surface area contributed by atoms with Crippen molar-refractivity contribution in [2.45, 2.75) is 38.2 Å². The van der Waals surface area contributed by atoms with Crippen molar-refractivity contribution in [1.82, 2.24) is 4.98 Å². The summed E-state index contributed by atoms with van der Waals surface area (Å²) in [7, 11) is 0. The Morgan fingerprint density at radius 1 is 1.47 bits per heavy atom. The van der Waals surface area contributed by atoms with Crippen LogP contribution >= 0.6 is 0 Å². The van der Waals surface area contributed by atoms with Gasteiger partial charge in [-0.2, -0.15) is 0 Å². The highest BCUT2D eigenvalue weighted by Gasteiger charge is 2.16. The number of carbonyl (C=O) groups is 1. The fraction of sp³-hybridized carbons (Fsp3) is 0.538. The van der Waals surface area contributed by atoms with Gasteiger partial charge in [-0.25, -0.2) is 4.39 Å². The zero-order valence-corrected chi connectivity index (χ0v) is 9.69. The zero-order chi connectivity index (χ0) is 12.1. The second-order valence-corrected chi connectivity index (χ2v) is 4.34. The molecule has 0 aromatic carbocycles. The Kier molecular flexibility index (Phi) is 4.20. The molecule has 2 heterocycles. The molecule has 0 radical (unpaired) electrons. The van der Waals surface area contributed by atoms with Crippen molar-refractivity contribution < 1.29 is 13.9 Å². The van der Waals surface area contributed by atoms with Gasteiger partial charge in [-0.1, -0.05) is 0 Å². The third-order valence-corrected chi connectivity index (χ3v) is 2.99. The van der Waals surface area contributed by atoms with Crippen LogP contribution in [0.25, 0.3) is 0 Å². The zero-order valence-electron chi connectivity index (χ0n) is 9.69. The highest BCUT2D eigenvalue weighted by Crippen LogP contribution is 2.18. The monoisotopic (exact) mass is 237 g/mol. The van der Waals surface area contributed by atoms with Crippen LogP contribution < -0.4 is 0 Å². The number of hydrogen-bond donors (Lipinski definition) is 0. The van der Waals surface area contributed by atoms with Crippen molar-refractivity contribution in [3.8, 4) is 0 Å². The van der Waals surface area contributed by atoms with Crippen LogP contribution in [0.1, 0.15) is 42.5 Å². The van der Waals surface area contributed by atoms with Gasteiger partial charge in [0.05, 0.1) is 12.3 Å². The molecule has 1 aliphatic rings. The van der Waals surface area contributed by atoms with Crippen molar-refractivity contribution in [2.24, 2.45) is 0 Å². The number of halogens is 1. The van der Waals surface area contributed by atoms with E-state index in [4.69, 9.17) is 4.74 Å². The molecule has 1 aliphatic heterocycles. The molecule has 0 amide bonds. The Bertz CT molecular complexity index is 389. The number of pyridine rings is 1. The predicted molar refractivity (Wildman–Crippen MR) is 61.4 cm³/mol. The number of rotatable bonds is 4. The highest BCUT2D eigenvalue weighted by molar-refractivity contribution is 5.95. The van der Waals surface area contributed by atoms with E-state index in [9.17, 15) is 9.18 Å². The van der Waals surface area contributed by atoms with Gasteiger partial charge in [-0.3, -0.25) is 9.78 Å². The van der Waals surface area contributed by atoms with Gasteiger partial charge in [0.2, 0.25) is 0 Å². The minimum Gasteiger partial charge on any atom is -0.378 e. The molecule has 1 aromatic heterocycles. The molecule has 4 heteroatoms. The first-order valence-electron chi connectivity index (χ1n) is 6.01. The molecule has 0 bridgehead atoms. The first kappa shape index (κ1) is 12.2. The van der Waals surface area contributed by atoms with Crippen LogP contribution in [0.2, 0.25) is 0 Å². The molecule has 0 spiro atoms. The Labute approximate surface area is 100 Å². The maximum Gasteiger partial charge on any atom is 0.164 e. The van der Waals surface area contributed by atoms with Gasteiger partial charge in [0.15, 0.2) is 5.78 Å².